The summed E-state index contributed by atoms with van der Waals surface area (Å²) in [6.45, 7) is 2.08. The first-order valence-corrected chi connectivity index (χ1v) is 5.89. The van der Waals surface area contributed by atoms with Crippen LogP contribution in [0, 0.1) is 6.92 Å². The highest BCUT2D eigenvalue weighted by Crippen LogP contribution is 2.36. The van der Waals surface area contributed by atoms with Crippen molar-refractivity contribution in [3.05, 3.63) is 35.7 Å². The monoisotopic (exact) mass is 215 g/mol. The molecule has 2 heterocycles. The fourth-order valence-corrected chi connectivity index (χ4v) is 2.05. The fourth-order valence-electron chi connectivity index (χ4n) is 2.05. The normalized spacial score (nSPS) is 17.9. The van der Waals surface area contributed by atoms with E-state index in [0.717, 1.165) is 18.5 Å². The van der Waals surface area contributed by atoms with Gasteiger partial charge in [-0.15, -0.1) is 0 Å². The highest BCUT2D eigenvalue weighted by molar-refractivity contribution is 5.48. The van der Waals surface area contributed by atoms with Gasteiger partial charge in [0.05, 0.1) is 11.2 Å². The molecule has 1 saturated carbocycles. The molecule has 0 spiro atoms. The average Bonchev–Trinajstić information content (AvgIpc) is 2.85. The Kier molecular flexibility index (Phi) is 2.04. The zero-order valence-corrected chi connectivity index (χ0v) is 9.61. The van der Waals surface area contributed by atoms with Crippen molar-refractivity contribution < 1.29 is 0 Å². The summed E-state index contributed by atoms with van der Waals surface area (Å²) in [5.74, 6) is 0. The molecule has 16 heavy (non-hydrogen) atoms. The predicted octanol–water partition coefficient (Wildman–Crippen LogP) is 2.07. The highest BCUT2D eigenvalue weighted by Gasteiger charge is 2.37. The molecule has 1 aliphatic rings. The molecule has 0 saturated heterocycles. The molecular formula is C13H17N3. The second-order valence-electron chi connectivity index (χ2n) is 5.07. The van der Waals surface area contributed by atoms with Crippen LogP contribution < -0.4 is 5.73 Å². The Morgan fingerprint density at radius 1 is 1.44 bits per heavy atom. The number of hydrogen-bond donors (Lipinski definition) is 1. The Hall–Kier alpha value is -1.35. The van der Waals surface area contributed by atoms with Crippen LogP contribution >= 0.6 is 0 Å². The van der Waals surface area contributed by atoms with Crippen molar-refractivity contribution in [2.45, 2.75) is 38.1 Å². The molecule has 0 atom stereocenters. The summed E-state index contributed by atoms with van der Waals surface area (Å²) in [6, 6.07) is 6.39. The maximum Gasteiger partial charge on any atom is 0.0664 e. The SMILES string of the molecule is Cc1ccc2cc(CCC3(N)CC3)nn2c1. The van der Waals surface area contributed by atoms with E-state index in [4.69, 9.17) is 5.73 Å². The van der Waals surface area contributed by atoms with E-state index >= 15 is 0 Å². The predicted molar refractivity (Wildman–Crippen MR) is 64.4 cm³/mol. The minimum atomic E-state index is 0.131. The second-order valence-corrected chi connectivity index (χ2v) is 5.07. The number of nitrogens with zero attached hydrogens (tertiary/aromatic N) is 2. The van der Waals surface area contributed by atoms with Gasteiger partial charge in [0.15, 0.2) is 0 Å². The molecule has 3 heteroatoms. The van der Waals surface area contributed by atoms with E-state index in [9.17, 15) is 0 Å². The number of pyridine rings is 1. The number of aryl methyl sites for hydroxylation is 2. The molecule has 2 aromatic heterocycles. The van der Waals surface area contributed by atoms with Crippen LogP contribution in [-0.4, -0.2) is 15.2 Å². The van der Waals surface area contributed by atoms with Gasteiger partial charge < -0.3 is 5.73 Å². The summed E-state index contributed by atoms with van der Waals surface area (Å²) in [7, 11) is 0. The van der Waals surface area contributed by atoms with Gasteiger partial charge in [-0.3, -0.25) is 0 Å². The molecule has 1 fully saturated rings. The van der Waals surface area contributed by atoms with Gasteiger partial charge in [-0.1, -0.05) is 6.07 Å². The van der Waals surface area contributed by atoms with Crippen molar-refractivity contribution in [1.29, 1.82) is 0 Å². The fraction of sp³-hybridized carbons (Fsp3) is 0.462. The van der Waals surface area contributed by atoms with Crippen molar-refractivity contribution in [3.8, 4) is 0 Å². The van der Waals surface area contributed by atoms with Crippen molar-refractivity contribution in [2.24, 2.45) is 5.73 Å². The second kappa shape index (κ2) is 3.32. The van der Waals surface area contributed by atoms with Gasteiger partial charge in [0, 0.05) is 11.7 Å². The number of fused-ring (bicyclic) bond motifs is 1. The maximum absolute atomic E-state index is 6.08. The van der Waals surface area contributed by atoms with Gasteiger partial charge in [-0.05, 0) is 50.3 Å². The molecule has 0 aliphatic heterocycles. The van der Waals surface area contributed by atoms with E-state index < -0.39 is 0 Å². The Bertz CT molecular complexity index is 523. The number of rotatable bonds is 3. The first kappa shape index (κ1) is 9.85. The van der Waals surface area contributed by atoms with Crippen LogP contribution in [0.15, 0.2) is 24.4 Å². The molecule has 3 nitrogen and oxygen atoms in total. The molecule has 0 radical (unpaired) electrons. The topological polar surface area (TPSA) is 43.3 Å². The Morgan fingerprint density at radius 3 is 3.00 bits per heavy atom. The molecule has 0 aromatic carbocycles. The van der Waals surface area contributed by atoms with Crippen LogP contribution in [0.3, 0.4) is 0 Å². The molecule has 0 bridgehead atoms. The smallest absolute Gasteiger partial charge is 0.0664 e. The molecule has 1 aliphatic carbocycles. The quantitative estimate of drug-likeness (QED) is 0.851. The standard InChI is InChI=1S/C13H17N3/c1-10-2-3-12-8-11(15-16(12)9-10)4-5-13(14)6-7-13/h2-3,8-9H,4-7,14H2,1H3. The molecule has 2 N–H and O–H groups in total. The van der Waals surface area contributed by atoms with Gasteiger partial charge in [0.2, 0.25) is 0 Å². The van der Waals surface area contributed by atoms with E-state index in [1.54, 1.807) is 0 Å². The molecule has 3 rings (SSSR count). The van der Waals surface area contributed by atoms with E-state index in [0.29, 0.717) is 0 Å². The lowest BCUT2D eigenvalue weighted by atomic mass is 10.1. The first-order chi connectivity index (χ1) is 7.65. The lowest BCUT2D eigenvalue weighted by Crippen LogP contribution is -2.22. The summed E-state index contributed by atoms with van der Waals surface area (Å²) < 4.78 is 1.96. The summed E-state index contributed by atoms with van der Waals surface area (Å²) in [4.78, 5) is 0. The third kappa shape index (κ3) is 1.83. The summed E-state index contributed by atoms with van der Waals surface area (Å²) in [6.07, 6.45) is 6.49. The van der Waals surface area contributed by atoms with Gasteiger partial charge in [0.1, 0.15) is 0 Å². The minimum Gasteiger partial charge on any atom is -0.325 e. The number of aromatic nitrogens is 2. The van der Waals surface area contributed by atoms with Crippen molar-refractivity contribution >= 4 is 5.52 Å². The minimum absolute atomic E-state index is 0.131. The van der Waals surface area contributed by atoms with E-state index in [1.807, 2.05) is 4.52 Å². The number of nitrogens with two attached hydrogens (primary N) is 1. The van der Waals surface area contributed by atoms with Crippen molar-refractivity contribution in [3.63, 3.8) is 0 Å². The van der Waals surface area contributed by atoms with Gasteiger partial charge >= 0.3 is 0 Å². The summed E-state index contributed by atoms with van der Waals surface area (Å²) in [5.41, 5.74) is 9.77. The Balaban J connectivity index is 1.82. The largest absolute Gasteiger partial charge is 0.325 e. The van der Waals surface area contributed by atoms with Gasteiger partial charge in [-0.25, -0.2) is 4.52 Å². The zero-order chi connectivity index (χ0) is 11.2. The lowest BCUT2D eigenvalue weighted by molar-refractivity contribution is 0.601. The third-order valence-electron chi connectivity index (χ3n) is 3.43. The molecule has 0 amide bonds. The van der Waals surface area contributed by atoms with E-state index in [-0.39, 0.29) is 5.54 Å². The van der Waals surface area contributed by atoms with Crippen LogP contribution in [-0.2, 0) is 6.42 Å². The van der Waals surface area contributed by atoms with E-state index in [1.165, 1.54) is 23.9 Å². The van der Waals surface area contributed by atoms with Crippen LogP contribution in [0.1, 0.15) is 30.5 Å². The Labute approximate surface area is 95.3 Å². The maximum atomic E-state index is 6.08. The molecule has 0 unspecified atom stereocenters. The number of hydrogen-bond acceptors (Lipinski definition) is 2. The van der Waals surface area contributed by atoms with Crippen molar-refractivity contribution in [1.82, 2.24) is 9.61 Å². The average molecular weight is 215 g/mol. The van der Waals surface area contributed by atoms with Crippen LogP contribution in [0.5, 0.6) is 0 Å². The van der Waals surface area contributed by atoms with Crippen LogP contribution in [0.4, 0.5) is 0 Å². The summed E-state index contributed by atoms with van der Waals surface area (Å²) in [5, 5.41) is 4.57. The van der Waals surface area contributed by atoms with Crippen LogP contribution in [0.25, 0.3) is 5.52 Å². The summed E-state index contributed by atoms with van der Waals surface area (Å²) >= 11 is 0. The Morgan fingerprint density at radius 2 is 2.25 bits per heavy atom. The zero-order valence-electron chi connectivity index (χ0n) is 9.61. The van der Waals surface area contributed by atoms with Gasteiger partial charge in [0.25, 0.3) is 0 Å². The highest BCUT2D eigenvalue weighted by atomic mass is 15.2. The lowest BCUT2D eigenvalue weighted by Gasteiger charge is -2.04. The van der Waals surface area contributed by atoms with Crippen molar-refractivity contribution in [2.75, 3.05) is 0 Å². The van der Waals surface area contributed by atoms with Gasteiger partial charge in [-0.2, -0.15) is 5.10 Å². The molecular weight excluding hydrogens is 198 g/mol. The third-order valence-corrected chi connectivity index (χ3v) is 3.43. The molecule has 84 valence electrons. The van der Waals surface area contributed by atoms with E-state index in [2.05, 4.69) is 36.4 Å². The van der Waals surface area contributed by atoms with Crippen LogP contribution in [0.2, 0.25) is 0 Å². The first-order valence-electron chi connectivity index (χ1n) is 5.89. The molecule has 2 aromatic rings.